The summed E-state index contributed by atoms with van der Waals surface area (Å²) in [5, 5.41) is 0. The average molecular weight is 444 g/mol. The highest BCUT2D eigenvalue weighted by Crippen LogP contribution is 2.46. The van der Waals surface area contributed by atoms with Gasteiger partial charge in [0.25, 0.3) is 0 Å². The monoisotopic (exact) mass is 442 g/mol. The highest BCUT2D eigenvalue weighted by atomic mass is 79.9. The summed E-state index contributed by atoms with van der Waals surface area (Å²) in [4.78, 5) is 0. The SMILES string of the molecule is CC1=Cc2c(Br)cccc2C1CCC1C(C)=Cc2c(Br)cccc21. The van der Waals surface area contributed by atoms with Crippen molar-refractivity contribution in [3.05, 3.63) is 78.7 Å². The van der Waals surface area contributed by atoms with Crippen LogP contribution in [0.4, 0.5) is 0 Å². The molecule has 0 saturated heterocycles. The summed E-state index contributed by atoms with van der Waals surface area (Å²) in [6, 6.07) is 13.2. The van der Waals surface area contributed by atoms with Gasteiger partial charge in [0.2, 0.25) is 0 Å². The van der Waals surface area contributed by atoms with Crippen LogP contribution >= 0.6 is 31.9 Å². The fourth-order valence-corrected chi connectivity index (χ4v) is 5.26. The van der Waals surface area contributed by atoms with E-state index in [9.17, 15) is 0 Å². The molecular weight excluding hydrogens is 424 g/mol. The van der Waals surface area contributed by atoms with Crippen molar-refractivity contribution in [1.82, 2.24) is 0 Å². The lowest BCUT2D eigenvalue weighted by Crippen LogP contribution is -2.03. The van der Waals surface area contributed by atoms with E-state index in [-0.39, 0.29) is 0 Å². The molecule has 4 rings (SSSR count). The zero-order chi connectivity index (χ0) is 16.8. The summed E-state index contributed by atoms with van der Waals surface area (Å²) < 4.78 is 2.43. The van der Waals surface area contributed by atoms with E-state index in [2.05, 4.69) is 94.3 Å². The molecule has 0 bridgehead atoms. The molecule has 122 valence electrons. The maximum absolute atomic E-state index is 3.70. The van der Waals surface area contributed by atoms with E-state index in [1.807, 2.05) is 0 Å². The first-order valence-electron chi connectivity index (χ1n) is 8.49. The summed E-state index contributed by atoms with van der Waals surface area (Å²) in [7, 11) is 0. The predicted octanol–water partition coefficient (Wildman–Crippen LogP) is 7.69. The van der Waals surface area contributed by atoms with Crippen molar-refractivity contribution < 1.29 is 0 Å². The van der Waals surface area contributed by atoms with Crippen LogP contribution in [0.1, 0.15) is 60.8 Å². The fourth-order valence-electron chi connectivity index (χ4n) is 4.27. The number of hydrogen-bond donors (Lipinski definition) is 0. The van der Waals surface area contributed by atoms with Crippen LogP contribution < -0.4 is 0 Å². The lowest BCUT2D eigenvalue weighted by Gasteiger charge is -2.20. The number of halogens is 2. The Morgan fingerprint density at radius 1 is 0.708 bits per heavy atom. The van der Waals surface area contributed by atoms with Crippen molar-refractivity contribution in [2.24, 2.45) is 0 Å². The third-order valence-corrected chi connectivity index (χ3v) is 6.89. The first-order valence-corrected chi connectivity index (χ1v) is 10.1. The molecule has 0 N–H and O–H groups in total. The van der Waals surface area contributed by atoms with E-state index in [0.717, 1.165) is 0 Å². The normalized spacial score (nSPS) is 21.3. The van der Waals surface area contributed by atoms with Crippen molar-refractivity contribution in [3.63, 3.8) is 0 Å². The van der Waals surface area contributed by atoms with E-state index in [4.69, 9.17) is 0 Å². The second kappa shape index (κ2) is 6.31. The highest BCUT2D eigenvalue weighted by Gasteiger charge is 2.28. The molecule has 2 aliphatic rings. The molecule has 2 aromatic rings. The number of hydrogen-bond acceptors (Lipinski definition) is 0. The van der Waals surface area contributed by atoms with E-state index < -0.39 is 0 Å². The van der Waals surface area contributed by atoms with Gasteiger partial charge < -0.3 is 0 Å². The van der Waals surface area contributed by atoms with Crippen LogP contribution in [-0.4, -0.2) is 0 Å². The summed E-state index contributed by atoms with van der Waals surface area (Å²) in [5.41, 5.74) is 8.70. The zero-order valence-electron chi connectivity index (χ0n) is 13.9. The van der Waals surface area contributed by atoms with Crippen LogP contribution in [0.15, 0.2) is 56.5 Å². The smallest absolute Gasteiger partial charge is 0.0250 e. The Balaban J connectivity index is 1.58. The number of rotatable bonds is 3. The number of allylic oxidation sites excluding steroid dienone is 2. The minimum Gasteiger partial charge on any atom is -0.0652 e. The average Bonchev–Trinajstić information content (AvgIpc) is 3.04. The number of benzene rings is 2. The third-order valence-electron chi connectivity index (χ3n) is 5.51. The Kier molecular flexibility index (Phi) is 4.30. The lowest BCUT2D eigenvalue weighted by atomic mass is 9.85. The molecule has 0 nitrogen and oxygen atoms in total. The van der Waals surface area contributed by atoms with Gasteiger partial charge in [0.15, 0.2) is 0 Å². The van der Waals surface area contributed by atoms with Crippen molar-refractivity contribution in [1.29, 1.82) is 0 Å². The minimum atomic E-state index is 0.557. The quantitative estimate of drug-likeness (QED) is 0.455. The fraction of sp³-hybridized carbons (Fsp3) is 0.273. The molecule has 0 spiro atoms. The van der Waals surface area contributed by atoms with Gasteiger partial charge in [-0.25, -0.2) is 0 Å². The molecule has 2 aliphatic carbocycles. The van der Waals surface area contributed by atoms with Gasteiger partial charge in [-0.3, -0.25) is 0 Å². The van der Waals surface area contributed by atoms with Gasteiger partial charge in [-0.1, -0.05) is 79.4 Å². The van der Waals surface area contributed by atoms with Crippen molar-refractivity contribution in [2.75, 3.05) is 0 Å². The van der Waals surface area contributed by atoms with Gasteiger partial charge in [0.1, 0.15) is 0 Å². The summed E-state index contributed by atoms with van der Waals surface area (Å²) in [6.07, 6.45) is 7.11. The summed E-state index contributed by atoms with van der Waals surface area (Å²) >= 11 is 7.40. The molecule has 0 saturated carbocycles. The maximum Gasteiger partial charge on any atom is 0.0250 e. The van der Waals surface area contributed by atoms with E-state index in [0.29, 0.717) is 11.8 Å². The van der Waals surface area contributed by atoms with Crippen LogP contribution in [0.5, 0.6) is 0 Å². The summed E-state index contributed by atoms with van der Waals surface area (Å²) in [5.74, 6) is 1.11. The van der Waals surface area contributed by atoms with E-state index in [1.54, 1.807) is 0 Å². The van der Waals surface area contributed by atoms with Crippen molar-refractivity contribution in [2.45, 2.75) is 38.5 Å². The number of fused-ring (bicyclic) bond motifs is 2. The summed E-state index contributed by atoms with van der Waals surface area (Å²) in [6.45, 7) is 4.55. The molecule has 2 heteroatoms. The highest BCUT2D eigenvalue weighted by molar-refractivity contribution is 9.10. The molecule has 0 heterocycles. The van der Waals surface area contributed by atoms with Gasteiger partial charge >= 0.3 is 0 Å². The Morgan fingerprint density at radius 2 is 1.12 bits per heavy atom. The first kappa shape index (κ1) is 16.4. The van der Waals surface area contributed by atoms with Gasteiger partial charge in [-0.2, -0.15) is 0 Å². The molecule has 0 aromatic heterocycles. The molecule has 0 fully saturated rings. The van der Waals surface area contributed by atoms with Gasteiger partial charge in [0.05, 0.1) is 0 Å². The van der Waals surface area contributed by atoms with Crippen LogP contribution in [0.25, 0.3) is 12.2 Å². The van der Waals surface area contributed by atoms with Crippen LogP contribution in [-0.2, 0) is 0 Å². The van der Waals surface area contributed by atoms with Gasteiger partial charge in [0, 0.05) is 20.8 Å². The molecule has 2 aromatic carbocycles. The standard InChI is InChI=1S/C22H20Br2/c1-13-11-19-17(5-3-7-21(19)23)15(13)9-10-16-14(2)12-20-18(16)6-4-8-22(20)24/h3-8,11-12,15-16H,9-10H2,1-2H3. The Bertz CT molecular complexity index is 800. The molecule has 0 radical (unpaired) electrons. The van der Waals surface area contributed by atoms with Gasteiger partial charge in [-0.05, 0) is 61.1 Å². The molecule has 0 aliphatic heterocycles. The topological polar surface area (TPSA) is 0 Å². The lowest BCUT2D eigenvalue weighted by molar-refractivity contribution is 0.611. The molecule has 24 heavy (non-hydrogen) atoms. The van der Waals surface area contributed by atoms with Crippen LogP contribution in [0.2, 0.25) is 0 Å². The van der Waals surface area contributed by atoms with Crippen molar-refractivity contribution in [3.8, 4) is 0 Å². The molecule has 2 atom stereocenters. The predicted molar refractivity (Wildman–Crippen MR) is 110 cm³/mol. The van der Waals surface area contributed by atoms with E-state index >= 15 is 0 Å². The largest absolute Gasteiger partial charge is 0.0652 e. The van der Waals surface area contributed by atoms with Crippen LogP contribution in [0.3, 0.4) is 0 Å². The molecule has 0 amide bonds. The van der Waals surface area contributed by atoms with E-state index in [1.165, 1.54) is 55.2 Å². The Morgan fingerprint density at radius 3 is 1.54 bits per heavy atom. The second-order valence-electron chi connectivity index (χ2n) is 6.94. The van der Waals surface area contributed by atoms with Gasteiger partial charge in [-0.15, -0.1) is 0 Å². The zero-order valence-corrected chi connectivity index (χ0v) is 17.1. The molecule has 2 unspecified atom stereocenters. The van der Waals surface area contributed by atoms with Crippen molar-refractivity contribution >= 4 is 44.0 Å². The van der Waals surface area contributed by atoms with Crippen LogP contribution in [0, 0.1) is 0 Å². The first-order chi connectivity index (χ1) is 11.6. The molecular formula is C22H20Br2. The Hall–Kier alpha value is -1.12. The minimum absolute atomic E-state index is 0.557. The second-order valence-corrected chi connectivity index (χ2v) is 8.65. The Labute approximate surface area is 160 Å². The maximum atomic E-state index is 3.70. The third kappa shape index (κ3) is 2.64.